The number of hydrogen-bond acceptors (Lipinski definition) is 3. The highest BCUT2D eigenvalue weighted by molar-refractivity contribution is 6.04. The van der Waals surface area contributed by atoms with E-state index in [1.54, 1.807) is 36.4 Å². The van der Waals surface area contributed by atoms with Gasteiger partial charge in [-0.3, -0.25) is 9.59 Å². The molecule has 0 radical (unpaired) electrons. The lowest BCUT2D eigenvalue weighted by Crippen LogP contribution is -2.42. The highest BCUT2D eigenvalue weighted by Gasteiger charge is 2.26. The molecule has 0 spiro atoms. The van der Waals surface area contributed by atoms with Crippen LogP contribution in [0.1, 0.15) is 32.4 Å². The van der Waals surface area contributed by atoms with Crippen LogP contribution in [0, 0.1) is 0 Å². The Bertz CT molecular complexity index is 972. The molecule has 1 fully saturated rings. The third kappa shape index (κ3) is 4.52. The number of anilines is 1. The van der Waals surface area contributed by atoms with Gasteiger partial charge in [0.25, 0.3) is 11.8 Å². The molecule has 1 aliphatic heterocycles. The Morgan fingerprint density at radius 2 is 1.48 bits per heavy atom. The van der Waals surface area contributed by atoms with Crippen molar-refractivity contribution in [2.24, 2.45) is 0 Å². The number of ether oxygens (including phenoxy) is 1. The van der Waals surface area contributed by atoms with Crippen molar-refractivity contribution < 1.29 is 14.3 Å². The number of benzene rings is 3. The van der Waals surface area contributed by atoms with Crippen LogP contribution < -0.4 is 5.32 Å². The summed E-state index contributed by atoms with van der Waals surface area (Å²) in [5, 5.41) is 2.85. The first-order chi connectivity index (χ1) is 14.2. The molecule has 3 aromatic carbocycles. The fourth-order valence-corrected chi connectivity index (χ4v) is 3.37. The molecule has 3 aromatic rings. The predicted octanol–water partition coefficient (Wildman–Crippen LogP) is 4.15. The fourth-order valence-electron chi connectivity index (χ4n) is 3.37. The number of hydrogen-bond donors (Lipinski definition) is 1. The number of morpholine rings is 1. The lowest BCUT2D eigenvalue weighted by atomic mass is 10.1. The normalized spacial score (nSPS) is 16.3. The molecule has 5 heteroatoms. The van der Waals surface area contributed by atoms with E-state index in [2.05, 4.69) is 5.32 Å². The summed E-state index contributed by atoms with van der Waals surface area (Å²) in [5.74, 6) is -0.210. The maximum Gasteiger partial charge on any atom is 0.255 e. The van der Waals surface area contributed by atoms with Gasteiger partial charge in [0.2, 0.25) is 0 Å². The smallest absolute Gasteiger partial charge is 0.255 e. The molecule has 146 valence electrons. The minimum Gasteiger partial charge on any atom is -0.370 e. The standard InChI is InChI=1S/C24H22N2O3/c27-23(19-9-5-2-6-10-19)25-21-13-11-20(12-14-21)24(28)26-15-16-29-22(17-26)18-7-3-1-4-8-18/h1-14,22H,15-17H2,(H,25,27)/t22-/m1/s1. The molecule has 0 saturated carbocycles. The van der Waals surface area contributed by atoms with Crippen molar-refractivity contribution in [3.05, 3.63) is 102 Å². The molecular weight excluding hydrogens is 364 g/mol. The van der Waals surface area contributed by atoms with E-state index in [-0.39, 0.29) is 17.9 Å². The molecular formula is C24H22N2O3. The second-order valence-electron chi connectivity index (χ2n) is 6.92. The second-order valence-corrected chi connectivity index (χ2v) is 6.92. The zero-order valence-corrected chi connectivity index (χ0v) is 16.0. The van der Waals surface area contributed by atoms with Crippen molar-refractivity contribution in [2.45, 2.75) is 6.10 Å². The molecule has 0 unspecified atom stereocenters. The van der Waals surface area contributed by atoms with Gasteiger partial charge in [-0.2, -0.15) is 0 Å². The molecule has 0 bridgehead atoms. The van der Waals surface area contributed by atoms with Gasteiger partial charge in [-0.25, -0.2) is 0 Å². The van der Waals surface area contributed by atoms with E-state index in [1.165, 1.54) is 0 Å². The fraction of sp³-hybridized carbons (Fsp3) is 0.167. The van der Waals surface area contributed by atoms with Gasteiger partial charge in [0.15, 0.2) is 0 Å². The molecule has 29 heavy (non-hydrogen) atoms. The Morgan fingerprint density at radius 1 is 0.828 bits per heavy atom. The van der Waals surface area contributed by atoms with Crippen molar-refractivity contribution in [3.8, 4) is 0 Å². The number of amides is 2. The summed E-state index contributed by atoms with van der Waals surface area (Å²) in [7, 11) is 0. The van der Waals surface area contributed by atoms with Crippen molar-refractivity contribution in [3.63, 3.8) is 0 Å². The second kappa shape index (κ2) is 8.71. The molecule has 4 rings (SSSR count). The minimum absolute atomic E-state index is 0.0323. The molecule has 1 N–H and O–H groups in total. The zero-order valence-electron chi connectivity index (χ0n) is 16.0. The molecule has 1 atom stereocenters. The van der Waals surface area contributed by atoms with Crippen molar-refractivity contribution in [1.29, 1.82) is 0 Å². The molecule has 1 aliphatic rings. The van der Waals surface area contributed by atoms with E-state index >= 15 is 0 Å². The first kappa shape index (κ1) is 18.9. The Hall–Kier alpha value is -3.44. The van der Waals surface area contributed by atoms with E-state index in [0.29, 0.717) is 36.5 Å². The van der Waals surface area contributed by atoms with Crippen LogP contribution in [0.2, 0.25) is 0 Å². The summed E-state index contributed by atoms with van der Waals surface area (Å²) >= 11 is 0. The third-order valence-corrected chi connectivity index (χ3v) is 4.95. The molecule has 1 heterocycles. The van der Waals surface area contributed by atoms with Crippen LogP contribution >= 0.6 is 0 Å². The number of carbonyl (C=O) groups excluding carboxylic acids is 2. The molecule has 5 nitrogen and oxygen atoms in total. The number of nitrogens with zero attached hydrogens (tertiary/aromatic N) is 1. The van der Waals surface area contributed by atoms with Gasteiger partial charge in [0.1, 0.15) is 6.10 Å². The first-order valence-corrected chi connectivity index (χ1v) is 9.63. The average Bonchev–Trinajstić information content (AvgIpc) is 2.80. The van der Waals surface area contributed by atoms with E-state index in [1.807, 2.05) is 53.4 Å². The maximum absolute atomic E-state index is 12.9. The summed E-state index contributed by atoms with van der Waals surface area (Å²) in [6.45, 7) is 1.60. The van der Waals surface area contributed by atoms with E-state index < -0.39 is 0 Å². The van der Waals surface area contributed by atoms with Crippen LogP contribution in [0.5, 0.6) is 0 Å². The topological polar surface area (TPSA) is 58.6 Å². The maximum atomic E-state index is 12.9. The lowest BCUT2D eigenvalue weighted by Gasteiger charge is -2.33. The zero-order chi connectivity index (χ0) is 20.1. The SMILES string of the molecule is O=C(Nc1ccc(C(=O)N2CCO[C@@H](c3ccccc3)C2)cc1)c1ccccc1. The summed E-state index contributed by atoms with van der Waals surface area (Å²) in [4.78, 5) is 27.0. The Morgan fingerprint density at radius 3 is 2.17 bits per heavy atom. The highest BCUT2D eigenvalue weighted by atomic mass is 16.5. The summed E-state index contributed by atoms with van der Waals surface area (Å²) in [5.41, 5.74) is 2.91. The summed E-state index contributed by atoms with van der Waals surface area (Å²) < 4.78 is 5.84. The first-order valence-electron chi connectivity index (χ1n) is 9.63. The van der Waals surface area contributed by atoms with Crippen LogP contribution in [0.3, 0.4) is 0 Å². The minimum atomic E-state index is -0.177. The monoisotopic (exact) mass is 386 g/mol. The number of nitrogens with one attached hydrogen (secondary N) is 1. The molecule has 0 aromatic heterocycles. The third-order valence-electron chi connectivity index (χ3n) is 4.95. The lowest BCUT2D eigenvalue weighted by molar-refractivity contribution is -0.0228. The van der Waals surface area contributed by atoms with Gasteiger partial charge in [-0.15, -0.1) is 0 Å². The van der Waals surface area contributed by atoms with Crippen LogP contribution in [-0.4, -0.2) is 36.4 Å². The Kier molecular flexibility index (Phi) is 5.68. The quantitative estimate of drug-likeness (QED) is 0.733. The van der Waals surface area contributed by atoms with Crippen LogP contribution in [0.15, 0.2) is 84.9 Å². The Balaban J connectivity index is 1.40. The van der Waals surface area contributed by atoms with Crippen molar-refractivity contribution in [1.82, 2.24) is 4.90 Å². The van der Waals surface area contributed by atoms with Crippen LogP contribution in [0.4, 0.5) is 5.69 Å². The van der Waals surface area contributed by atoms with Gasteiger partial charge in [-0.1, -0.05) is 48.5 Å². The largest absolute Gasteiger partial charge is 0.370 e. The predicted molar refractivity (Wildman–Crippen MR) is 112 cm³/mol. The molecule has 0 aliphatic carbocycles. The van der Waals surface area contributed by atoms with Crippen LogP contribution in [0.25, 0.3) is 0 Å². The van der Waals surface area contributed by atoms with E-state index in [9.17, 15) is 9.59 Å². The molecule has 2 amide bonds. The van der Waals surface area contributed by atoms with Gasteiger partial charge in [-0.05, 0) is 42.0 Å². The van der Waals surface area contributed by atoms with Gasteiger partial charge >= 0.3 is 0 Å². The van der Waals surface area contributed by atoms with Crippen molar-refractivity contribution >= 4 is 17.5 Å². The van der Waals surface area contributed by atoms with Crippen molar-refractivity contribution in [2.75, 3.05) is 25.0 Å². The van der Waals surface area contributed by atoms with Gasteiger partial charge in [0, 0.05) is 23.4 Å². The van der Waals surface area contributed by atoms with E-state index in [4.69, 9.17) is 4.74 Å². The number of carbonyl (C=O) groups is 2. The number of rotatable bonds is 4. The van der Waals surface area contributed by atoms with Gasteiger partial charge < -0.3 is 15.0 Å². The molecule has 1 saturated heterocycles. The highest BCUT2D eigenvalue weighted by Crippen LogP contribution is 2.23. The van der Waals surface area contributed by atoms with Gasteiger partial charge in [0.05, 0.1) is 13.2 Å². The average molecular weight is 386 g/mol. The van der Waals surface area contributed by atoms with Crippen LogP contribution in [-0.2, 0) is 4.74 Å². The van der Waals surface area contributed by atoms with E-state index in [0.717, 1.165) is 5.56 Å². The Labute approximate surface area is 169 Å². The summed E-state index contributed by atoms with van der Waals surface area (Å²) in [6, 6.07) is 26.0. The summed E-state index contributed by atoms with van der Waals surface area (Å²) in [6.07, 6.45) is -0.113.